The van der Waals surface area contributed by atoms with E-state index in [2.05, 4.69) is 22.8 Å². The first-order valence-corrected chi connectivity index (χ1v) is 8.97. The SMILES string of the molecule is C/C(=C\c1ccco1)CN1CCN(Cc2ccc(C)o2)[C@@H](CCO)C1. The quantitative estimate of drug-likeness (QED) is 0.836. The summed E-state index contributed by atoms with van der Waals surface area (Å²) in [7, 11) is 0. The van der Waals surface area contributed by atoms with Gasteiger partial charge in [0.25, 0.3) is 0 Å². The molecule has 0 saturated carbocycles. The highest BCUT2D eigenvalue weighted by Crippen LogP contribution is 2.19. The lowest BCUT2D eigenvalue weighted by atomic mass is 10.1. The summed E-state index contributed by atoms with van der Waals surface area (Å²) in [6, 6.07) is 8.29. The Morgan fingerprint density at radius 2 is 2.20 bits per heavy atom. The van der Waals surface area contributed by atoms with Crippen LogP contribution in [0.2, 0.25) is 0 Å². The Morgan fingerprint density at radius 3 is 2.88 bits per heavy atom. The predicted octanol–water partition coefficient (Wildman–Crippen LogP) is 3.15. The van der Waals surface area contributed by atoms with Crippen molar-refractivity contribution >= 4 is 6.08 Å². The molecule has 1 atom stereocenters. The minimum atomic E-state index is 0.216. The second-order valence-corrected chi connectivity index (χ2v) is 6.89. The van der Waals surface area contributed by atoms with Gasteiger partial charge in [-0.25, -0.2) is 0 Å². The number of hydrogen-bond acceptors (Lipinski definition) is 5. The molecule has 1 N–H and O–H groups in total. The van der Waals surface area contributed by atoms with Gasteiger partial charge in [0.15, 0.2) is 0 Å². The Bertz CT molecular complexity index is 675. The van der Waals surface area contributed by atoms with Gasteiger partial charge in [-0.2, -0.15) is 0 Å². The van der Waals surface area contributed by atoms with Crippen LogP contribution >= 0.6 is 0 Å². The summed E-state index contributed by atoms with van der Waals surface area (Å²) in [6.07, 6.45) is 4.59. The van der Waals surface area contributed by atoms with Gasteiger partial charge in [-0.15, -0.1) is 0 Å². The summed E-state index contributed by atoms with van der Waals surface area (Å²) in [5.74, 6) is 2.85. The topological polar surface area (TPSA) is 53.0 Å². The number of aryl methyl sites for hydroxylation is 1. The lowest BCUT2D eigenvalue weighted by molar-refractivity contribution is 0.0535. The van der Waals surface area contributed by atoms with E-state index in [-0.39, 0.29) is 6.61 Å². The van der Waals surface area contributed by atoms with E-state index in [1.807, 2.05) is 31.2 Å². The molecule has 3 heterocycles. The van der Waals surface area contributed by atoms with Crippen LogP contribution in [-0.4, -0.2) is 53.7 Å². The summed E-state index contributed by atoms with van der Waals surface area (Å²) in [5.41, 5.74) is 1.29. The van der Waals surface area contributed by atoms with Crippen LogP contribution in [0.4, 0.5) is 0 Å². The van der Waals surface area contributed by atoms with Gasteiger partial charge in [-0.1, -0.05) is 5.57 Å². The highest BCUT2D eigenvalue weighted by atomic mass is 16.3. The second-order valence-electron chi connectivity index (χ2n) is 6.89. The van der Waals surface area contributed by atoms with Crippen LogP contribution in [0.25, 0.3) is 6.08 Å². The Kier molecular flexibility index (Phi) is 6.13. The first kappa shape index (κ1) is 18.0. The van der Waals surface area contributed by atoms with Gasteiger partial charge >= 0.3 is 0 Å². The molecule has 0 bridgehead atoms. The van der Waals surface area contributed by atoms with Crippen molar-refractivity contribution in [3.63, 3.8) is 0 Å². The van der Waals surface area contributed by atoms with Crippen molar-refractivity contribution in [1.82, 2.24) is 9.80 Å². The fraction of sp³-hybridized carbons (Fsp3) is 0.500. The van der Waals surface area contributed by atoms with Crippen LogP contribution in [0.3, 0.4) is 0 Å². The Balaban J connectivity index is 1.58. The molecule has 1 fully saturated rings. The number of nitrogens with zero attached hydrogens (tertiary/aromatic N) is 2. The zero-order chi connectivity index (χ0) is 17.6. The van der Waals surface area contributed by atoms with Crippen LogP contribution in [0.15, 0.2) is 44.9 Å². The maximum atomic E-state index is 9.45. The molecule has 0 amide bonds. The fourth-order valence-electron chi connectivity index (χ4n) is 3.52. The van der Waals surface area contributed by atoms with Crippen molar-refractivity contribution in [3.05, 3.63) is 53.4 Å². The number of rotatable bonds is 7. The largest absolute Gasteiger partial charge is 0.465 e. The van der Waals surface area contributed by atoms with E-state index >= 15 is 0 Å². The van der Waals surface area contributed by atoms with E-state index in [9.17, 15) is 5.11 Å². The molecule has 3 rings (SSSR count). The van der Waals surface area contributed by atoms with Crippen molar-refractivity contribution in [3.8, 4) is 0 Å². The van der Waals surface area contributed by atoms with Crippen molar-refractivity contribution in [1.29, 1.82) is 0 Å². The van der Waals surface area contributed by atoms with Gasteiger partial charge in [-0.05, 0) is 50.6 Å². The number of aliphatic hydroxyl groups excluding tert-OH is 1. The van der Waals surface area contributed by atoms with Gasteiger partial charge in [-0.3, -0.25) is 9.80 Å². The van der Waals surface area contributed by atoms with Crippen molar-refractivity contribution in [2.45, 2.75) is 32.9 Å². The monoisotopic (exact) mass is 344 g/mol. The van der Waals surface area contributed by atoms with Crippen LogP contribution in [0.1, 0.15) is 30.6 Å². The van der Waals surface area contributed by atoms with Crippen LogP contribution in [0.5, 0.6) is 0 Å². The molecule has 5 nitrogen and oxygen atoms in total. The summed E-state index contributed by atoms with van der Waals surface area (Å²) in [4.78, 5) is 4.88. The highest BCUT2D eigenvalue weighted by molar-refractivity contribution is 5.46. The molecular weight excluding hydrogens is 316 g/mol. The third-order valence-corrected chi connectivity index (χ3v) is 4.71. The smallest absolute Gasteiger partial charge is 0.126 e. The van der Waals surface area contributed by atoms with Crippen LogP contribution < -0.4 is 0 Å². The highest BCUT2D eigenvalue weighted by Gasteiger charge is 2.27. The van der Waals surface area contributed by atoms with Crippen LogP contribution in [0, 0.1) is 6.92 Å². The van der Waals surface area contributed by atoms with Gasteiger partial charge in [0.1, 0.15) is 17.3 Å². The third-order valence-electron chi connectivity index (χ3n) is 4.71. The lowest BCUT2D eigenvalue weighted by Crippen LogP contribution is -2.53. The molecule has 1 aliphatic rings. The van der Waals surface area contributed by atoms with Crippen molar-refractivity contribution in [2.24, 2.45) is 0 Å². The summed E-state index contributed by atoms with van der Waals surface area (Å²) >= 11 is 0. The standard InChI is InChI=1S/C20H28N2O3/c1-16(12-19-4-3-11-24-19)13-21-8-9-22(18(14-21)7-10-23)15-20-6-5-17(2)25-20/h3-6,11-12,18,23H,7-10,13-15H2,1-2H3/b16-12+/t18-/m0/s1. The summed E-state index contributed by atoms with van der Waals surface area (Å²) in [5, 5.41) is 9.45. The third kappa shape index (κ3) is 5.08. The van der Waals surface area contributed by atoms with Gasteiger partial charge in [0, 0.05) is 38.8 Å². The molecule has 1 saturated heterocycles. The lowest BCUT2D eigenvalue weighted by Gasteiger charge is -2.41. The van der Waals surface area contributed by atoms with E-state index in [0.29, 0.717) is 6.04 Å². The molecule has 0 spiro atoms. The Morgan fingerprint density at radius 1 is 1.32 bits per heavy atom. The van der Waals surface area contributed by atoms with E-state index in [1.165, 1.54) is 5.57 Å². The molecule has 2 aromatic rings. The van der Waals surface area contributed by atoms with Gasteiger partial charge in [0.2, 0.25) is 0 Å². The molecule has 0 unspecified atom stereocenters. The molecule has 25 heavy (non-hydrogen) atoms. The van der Waals surface area contributed by atoms with E-state index in [4.69, 9.17) is 8.83 Å². The molecule has 2 aromatic heterocycles. The Labute approximate surface area is 149 Å². The number of hydrogen-bond donors (Lipinski definition) is 1. The first-order chi connectivity index (χ1) is 12.1. The summed E-state index contributed by atoms with van der Waals surface area (Å²) < 4.78 is 11.1. The average molecular weight is 344 g/mol. The molecule has 0 aromatic carbocycles. The summed E-state index contributed by atoms with van der Waals surface area (Å²) in [6.45, 7) is 9.03. The molecule has 5 heteroatoms. The van der Waals surface area contributed by atoms with E-state index in [1.54, 1.807) is 6.26 Å². The van der Waals surface area contributed by atoms with Crippen molar-refractivity contribution in [2.75, 3.05) is 32.8 Å². The maximum Gasteiger partial charge on any atom is 0.126 e. The molecule has 1 aliphatic heterocycles. The molecule has 136 valence electrons. The van der Waals surface area contributed by atoms with Crippen LogP contribution in [-0.2, 0) is 6.54 Å². The second kappa shape index (κ2) is 8.52. The van der Waals surface area contributed by atoms with E-state index in [0.717, 1.165) is 56.4 Å². The number of furan rings is 2. The van der Waals surface area contributed by atoms with Crippen molar-refractivity contribution < 1.29 is 13.9 Å². The minimum absolute atomic E-state index is 0.216. The zero-order valence-corrected chi connectivity index (χ0v) is 15.1. The normalized spacial score (nSPS) is 20.3. The number of aliphatic hydroxyl groups is 1. The molecule has 0 radical (unpaired) electrons. The zero-order valence-electron chi connectivity index (χ0n) is 15.1. The first-order valence-electron chi connectivity index (χ1n) is 8.97. The number of piperazine rings is 1. The minimum Gasteiger partial charge on any atom is -0.465 e. The fourth-order valence-corrected chi connectivity index (χ4v) is 3.52. The Hall–Kier alpha value is -1.82. The predicted molar refractivity (Wildman–Crippen MR) is 98.1 cm³/mol. The molecular formula is C20H28N2O3. The van der Waals surface area contributed by atoms with Gasteiger partial charge in [0.05, 0.1) is 12.8 Å². The van der Waals surface area contributed by atoms with Gasteiger partial charge < -0.3 is 13.9 Å². The average Bonchev–Trinajstić information content (AvgIpc) is 3.22. The maximum absolute atomic E-state index is 9.45. The molecule has 0 aliphatic carbocycles. The van der Waals surface area contributed by atoms with E-state index < -0.39 is 0 Å².